The van der Waals surface area contributed by atoms with Gasteiger partial charge in [0.1, 0.15) is 13.2 Å². The van der Waals surface area contributed by atoms with Gasteiger partial charge in [-0.25, -0.2) is 0 Å². The molecule has 6 nitrogen and oxygen atoms in total. The summed E-state index contributed by atoms with van der Waals surface area (Å²) >= 11 is 0. The predicted molar refractivity (Wildman–Crippen MR) is 344 cm³/mol. The monoisotopic (exact) mass is 1100 g/mol. The van der Waals surface area contributed by atoms with E-state index in [2.05, 4.69) is 106 Å². The van der Waals surface area contributed by atoms with Crippen molar-refractivity contribution >= 4 is 17.9 Å². The summed E-state index contributed by atoms with van der Waals surface area (Å²) in [4.78, 5) is 38.3. The van der Waals surface area contributed by atoms with E-state index >= 15 is 0 Å². The molecule has 0 N–H and O–H groups in total. The van der Waals surface area contributed by atoms with Gasteiger partial charge in [0.15, 0.2) is 6.10 Å². The number of allylic oxidation sites excluding steroid dienone is 14. The van der Waals surface area contributed by atoms with Crippen LogP contribution in [0.25, 0.3) is 0 Å². The molecule has 1 unspecified atom stereocenters. The number of unbranched alkanes of at least 4 members (excludes halogenated alkanes) is 37. The van der Waals surface area contributed by atoms with Crippen LogP contribution in [0.3, 0.4) is 0 Å². The maximum Gasteiger partial charge on any atom is 0.306 e. The quantitative estimate of drug-likeness (QED) is 0.0261. The number of carbonyl (C=O) groups is 3. The van der Waals surface area contributed by atoms with Crippen LogP contribution in [0.4, 0.5) is 0 Å². The molecule has 0 spiro atoms. The van der Waals surface area contributed by atoms with Crippen molar-refractivity contribution in [2.45, 2.75) is 348 Å². The lowest BCUT2D eigenvalue weighted by molar-refractivity contribution is -0.167. The molecule has 0 heterocycles. The zero-order valence-electron chi connectivity index (χ0n) is 52.4. The minimum atomic E-state index is -0.783. The Morgan fingerprint density at radius 2 is 0.494 bits per heavy atom. The molecule has 79 heavy (non-hydrogen) atoms. The summed E-state index contributed by atoms with van der Waals surface area (Å²) in [6.07, 6.45) is 89.0. The van der Waals surface area contributed by atoms with E-state index in [4.69, 9.17) is 14.2 Å². The Kier molecular flexibility index (Phi) is 64.2. The SMILES string of the molecule is CC/C=C\C/C=C\C/C=C\C/C=C\C/C=C\C/C=C\CCCCCCCCC(=O)OC(COC(=O)CCCCCCCCCCC)COC(=O)CCCCCCCCCCCCCCCCC/C=C\CCCCCCCCCC. The summed E-state index contributed by atoms with van der Waals surface area (Å²) in [6.45, 7) is 6.53. The average molecular weight is 1100 g/mol. The second-order valence-electron chi connectivity index (χ2n) is 22.7. The minimum Gasteiger partial charge on any atom is -0.462 e. The summed E-state index contributed by atoms with van der Waals surface area (Å²) < 4.78 is 16.9. The van der Waals surface area contributed by atoms with E-state index in [1.807, 2.05) is 0 Å². The van der Waals surface area contributed by atoms with Crippen molar-refractivity contribution in [1.82, 2.24) is 0 Å². The molecule has 0 saturated carbocycles. The Balaban J connectivity index is 4.20. The van der Waals surface area contributed by atoms with Gasteiger partial charge < -0.3 is 14.2 Å². The maximum atomic E-state index is 12.9. The predicted octanol–water partition coefficient (Wildman–Crippen LogP) is 23.4. The zero-order chi connectivity index (χ0) is 57.1. The molecule has 0 fully saturated rings. The van der Waals surface area contributed by atoms with Crippen LogP contribution in [-0.2, 0) is 28.6 Å². The Morgan fingerprint density at radius 3 is 0.785 bits per heavy atom. The van der Waals surface area contributed by atoms with Crippen LogP contribution in [0.1, 0.15) is 342 Å². The Hall–Kier alpha value is -3.41. The van der Waals surface area contributed by atoms with Gasteiger partial charge in [0.05, 0.1) is 0 Å². The standard InChI is InChI=1S/C73H128O6/c1-4-7-10-13-16-19-21-23-25-27-29-31-33-35-36-38-39-41-43-45-47-49-51-54-57-60-63-66-72(75)78-69-70(68-77-71(74)65-62-59-56-53-18-15-12-9-6-3)79-73(76)67-64-61-58-55-52-50-48-46-44-42-40-37-34-32-30-28-26-24-22-20-17-14-11-8-5-2/h8,11,17,20,24,26-27,29-30,32,37,40,44,46,70H,4-7,9-10,12-16,18-19,21-23,25,28,31,33-36,38-39,41-43,45,47-69H2,1-3H3/b11-8-,20-17-,26-24-,29-27-,32-30-,40-37-,46-44-. The van der Waals surface area contributed by atoms with Crippen molar-refractivity contribution in [3.63, 3.8) is 0 Å². The van der Waals surface area contributed by atoms with Gasteiger partial charge in [-0.15, -0.1) is 0 Å². The summed E-state index contributed by atoms with van der Waals surface area (Å²) in [5.41, 5.74) is 0. The lowest BCUT2D eigenvalue weighted by Gasteiger charge is -2.18. The largest absolute Gasteiger partial charge is 0.462 e. The normalized spacial score (nSPS) is 12.6. The van der Waals surface area contributed by atoms with Gasteiger partial charge in [-0.2, -0.15) is 0 Å². The van der Waals surface area contributed by atoms with Gasteiger partial charge in [-0.1, -0.05) is 311 Å². The molecular formula is C73H128O6. The topological polar surface area (TPSA) is 78.9 Å². The van der Waals surface area contributed by atoms with Crippen molar-refractivity contribution in [2.24, 2.45) is 0 Å². The highest BCUT2D eigenvalue weighted by Crippen LogP contribution is 2.17. The van der Waals surface area contributed by atoms with E-state index in [9.17, 15) is 14.4 Å². The third-order valence-corrected chi connectivity index (χ3v) is 14.9. The molecule has 0 aromatic rings. The summed E-state index contributed by atoms with van der Waals surface area (Å²) in [5, 5.41) is 0. The van der Waals surface area contributed by atoms with Gasteiger partial charge in [0.25, 0.3) is 0 Å². The first-order chi connectivity index (χ1) is 39.0. The highest BCUT2D eigenvalue weighted by atomic mass is 16.6. The molecule has 0 aliphatic carbocycles. The van der Waals surface area contributed by atoms with Crippen molar-refractivity contribution in [3.05, 3.63) is 85.1 Å². The first-order valence-corrected chi connectivity index (χ1v) is 34.1. The van der Waals surface area contributed by atoms with E-state index < -0.39 is 6.10 Å². The van der Waals surface area contributed by atoms with E-state index in [1.54, 1.807) is 0 Å². The van der Waals surface area contributed by atoms with Crippen LogP contribution in [0, 0.1) is 0 Å². The third-order valence-electron chi connectivity index (χ3n) is 14.9. The van der Waals surface area contributed by atoms with E-state index in [-0.39, 0.29) is 31.1 Å². The van der Waals surface area contributed by atoms with Gasteiger partial charge in [0, 0.05) is 19.3 Å². The van der Waals surface area contributed by atoms with Crippen LogP contribution >= 0.6 is 0 Å². The second-order valence-corrected chi connectivity index (χ2v) is 22.7. The van der Waals surface area contributed by atoms with E-state index in [0.29, 0.717) is 19.3 Å². The molecule has 0 aromatic carbocycles. The Labute approximate surface area is 490 Å². The van der Waals surface area contributed by atoms with Gasteiger partial charge in [-0.05, 0) is 96.3 Å². The van der Waals surface area contributed by atoms with Crippen LogP contribution in [0.2, 0.25) is 0 Å². The summed E-state index contributed by atoms with van der Waals surface area (Å²) in [5.74, 6) is -0.882. The lowest BCUT2D eigenvalue weighted by Crippen LogP contribution is -2.30. The number of ether oxygens (including phenoxy) is 3. The number of hydrogen-bond donors (Lipinski definition) is 0. The van der Waals surface area contributed by atoms with Crippen molar-refractivity contribution in [1.29, 1.82) is 0 Å². The van der Waals surface area contributed by atoms with E-state index in [1.165, 1.54) is 193 Å². The fraction of sp³-hybridized carbons (Fsp3) is 0.767. The number of esters is 3. The fourth-order valence-corrected chi connectivity index (χ4v) is 9.80. The third kappa shape index (κ3) is 65.3. The van der Waals surface area contributed by atoms with E-state index in [0.717, 1.165) is 109 Å². The minimum absolute atomic E-state index is 0.0794. The van der Waals surface area contributed by atoms with Crippen molar-refractivity contribution in [3.8, 4) is 0 Å². The molecule has 456 valence electrons. The molecule has 0 amide bonds. The molecule has 0 radical (unpaired) electrons. The van der Waals surface area contributed by atoms with Gasteiger partial charge in [-0.3, -0.25) is 14.4 Å². The number of hydrogen-bond acceptors (Lipinski definition) is 6. The molecule has 0 aromatic heterocycles. The molecule has 0 rings (SSSR count). The molecule has 0 aliphatic rings. The van der Waals surface area contributed by atoms with Crippen LogP contribution < -0.4 is 0 Å². The molecule has 6 heteroatoms. The first-order valence-electron chi connectivity index (χ1n) is 34.1. The highest BCUT2D eigenvalue weighted by molar-refractivity contribution is 5.71. The van der Waals surface area contributed by atoms with Crippen LogP contribution in [-0.4, -0.2) is 37.2 Å². The van der Waals surface area contributed by atoms with Crippen molar-refractivity contribution in [2.75, 3.05) is 13.2 Å². The lowest BCUT2D eigenvalue weighted by atomic mass is 10.0. The maximum absolute atomic E-state index is 12.9. The molecule has 0 aliphatic heterocycles. The average Bonchev–Trinajstić information content (AvgIpc) is 3.45. The zero-order valence-corrected chi connectivity index (χ0v) is 52.4. The number of rotatable bonds is 62. The van der Waals surface area contributed by atoms with Gasteiger partial charge in [0.2, 0.25) is 0 Å². The molecule has 0 bridgehead atoms. The number of carbonyl (C=O) groups excluding carboxylic acids is 3. The summed E-state index contributed by atoms with van der Waals surface area (Å²) in [7, 11) is 0. The molecule has 0 saturated heterocycles. The van der Waals surface area contributed by atoms with Gasteiger partial charge >= 0.3 is 17.9 Å². The summed E-state index contributed by atoms with van der Waals surface area (Å²) in [6, 6.07) is 0. The highest BCUT2D eigenvalue weighted by Gasteiger charge is 2.19. The Bertz CT molecular complexity index is 1500. The first kappa shape index (κ1) is 75.6. The van der Waals surface area contributed by atoms with Crippen LogP contribution in [0.5, 0.6) is 0 Å². The fourth-order valence-electron chi connectivity index (χ4n) is 9.80. The van der Waals surface area contributed by atoms with Crippen molar-refractivity contribution < 1.29 is 28.6 Å². The smallest absolute Gasteiger partial charge is 0.306 e. The molecular weight excluding hydrogens is 973 g/mol. The second kappa shape index (κ2) is 67.1. The molecule has 1 atom stereocenters. The van der Waals surface area contributed by atoms with Crippen LogP contribution in [0.15, 0.2) is 85.1 Å². The Morgan fingerprint density at radius 1 is 0.266 bits per heavy atom.